The maximum absolute atomic E-state index is 12.7. The summed E-state index contributed by atoms with van der Waals surface area (Å²) in [5.74, 6) is -1.86. The minimum Gasteiger partial charge on any atom is -0.507 e. The molecule has 0 radical (unpaired) electrons. The van der Waals surface area contributed by atoms with Crippen LogP contribution in [0.15, 0.2) is 48.0 Å². The fourth-order valence-electron chi connectivity index (χ4n) is 3.30. The summed E-state index contributed by atoms with van der Waals surface area (Å²) in [6.07, 6.45) is 0. The molecule has 0 bridgehead atoms. The molecule has 146 valence electrons. The Labute approximate surface area is 162 Å². The smallest absolute Gasteiger partial charge is 0.295 e. The molecule has 0 aliphatic carbocycles. The molecule has 1 amide bonds. The predicted octanol–water partition coefficient (Wildman–Crippen LogP) is 2.12. The van der Waals surface area contributed by atoms with E-state index in [-0.39, 0.29) is 36.0 Å². The highest BCUT2D eigenvalue weighted by Gasteiger charge is 2.46. The third-order valence-electron chi connectivity index (χ3n) is 4.73. The van der Waals surface area contributed by atoms with Gasteiger partial charge in [-0.3, -0.25) is 9.59 Å². The van der Waals surface area contributed by atoms with Crippen LogP contribution in [0.25, 0.3) is 5.76 Å². The topological polar surface area (TPSA) is 107 Å². The number of hydrogen-bond acceptors (Lipinski definition) is 6. The Kier molecular flexibility index (Phi) is 5.37. The number of benzene rings is 2. The number of ketones is 1. The fraction of sp³-hybridized carbons (Fsp3) is 0.238. The molecule has 3 N–H and O–H groups in total. The maximum Gasteiger partial charge on any atom is 0.295 e. The van der Waals surface area contributed by atoms with Crippen LogP contribution in [0, 0.1) is 6.92 Å². The number of likely N-dealkylation sites (tertiary alicyclic amines) is 1. The number of amides is 1. The van der Waals surface area contributed by atoms with E-state index < -0.39 is 17.7 Å². The van der Waals surface area contributed by atoms with Crippen molar-refractivity contribution >= 4 is 17.4 Å². The number of β-amino-alcohol motifs (C(OH)–C–C–N with tert-alkyl or cyclic N) is 1. The van der Waals surface area contributed by atoms with Crippen LogP contribution in [-0.4, -0.2) is 52.2 Å². The highest BCUT2D eigenvalue weighted by Crippen LogP contribution is 2.41. The lowest BCUT2D eigenvalue weighted by Gasteiger charge is -2.25. The number of carbonyl (C=O) groups is 2. The van der Waals surface area contributed by atoms with Gasteiger partial charge in [0.2, 0.25) is 0 Å². The number of phenols is 1. The lowest BCUT2D eigenvalue weighted by Crippen LogP contribution is -2.32. The van der Waals surface area contributed by atoms with E-state index in [0.29, 0.717) is 11.1 Å². The standard InChI is InChI=1S/C21H21NO6/c1-12-3-5-13(6-4-12)19(25)17-18(22(9-10-23)21(27)20(17)26)14-7-8-15(24)16(11-14)28-2/h3-8,11,18,23-25H,9-10H2,1-2H3/t18-/m0/s1. The molecule has 1 aliphatic rings. The molecule has 1 aliphatic heterocycles. The second-order valence-corrected chi connectivity index (χ2v) is 6.51. The third kappa shape index (κ3) is 3.32. The van der Waals surface area contributed by atoms with Crippen molar-refractivity contribution in [2.45, 2.75) is 13.0 Å². The van der Waals surface area contributed by atoms with E-state index in [4.69, 9.17) is 4.74 Å². The number of carbonyl (C=O) groups excluding carboxylic acids is 2. The Morgan fingerprint density at radius 3 is 2.43 bits per heavy atom. The molecule has 0 spiro atoms. The van der Waals surface area contributed by atoms with Crippen molar-refractivity contribution in [3.05, 3.63) is 64.7 Å². The normalized spacial score (nSPS) is 18.5. The molecule has 28 heavy (non-hydrogen) atoms. The number of Topliss-reactive ketones (excluding diaryl/α,β-unsaturated/α-hetero) is 1. The zero-order chi connectivity index (χ0) is 20.4. The van der Waals surface area contributed by atoms with Crippen molar-refractivity contribution in [1.82, 2.24) is 4.90 Å². The molecule has 1 fully saturated rings. The molecule has 0 aromatic heterocycles. The van der Waals surface area contributed by atoms with E-state index in [1.807, 2.05) is 6.92 Å². The van der Waals surface area contributed by atoms with Crippen molar-refractivity contribution < 1.29 is 29.6 Å². The number of methoxy groups -OCH3 is 1. The molecule has 0 saturated carbocycles. The van der Waals surface area contributed by atoms with Crippen LogP contribution in [0.4, 0.5) is 0 Å². The molecule has 1 saturated heterocycles. The Balaban J connectivity index is 2.20. The molecule has 7 heteroatoms. The predicted molar refractivity (Wildman–Crippen MR) is 102 cm³/mol. The van der Waals surface area contributed by atoms with E-state index in [1.54, 1.807) is 30.3 Å². The van der Waals surface area contributed by atoms with Gasteiger partial charge >= 0.3 is 0 Å². The van der Waals surface area contributed by atoms with Crippen LogP contribution in [0.3, 0.4) is 0 Å². The number of nitrogens with zero attached hydrogens (tertiary/aromatic N) is 1. The van der Waals surface area contributed by atoms with Crippen molar-refractivity contribution in [3.8, 4) is 11.5 Å². The van der Waals surface area contributed by atoms with Gasteiger partial charge in [0.15, 0.2) is 11.5 Å². The minimum atomic E-state index is -0.914. The van der Waals surface area contributed by atoms with Gasteiger partial charge in [0.25, 0.3) is 11.7 Å². The highest BCUT2D eigenvalue weighted by atomic mass is 16.5. The third-order valence-corrected chi connectivity index (χ3v) is 4.73. The average molecular weight is 383 g/mol. The molecule has 2 aromatic rings. The number of rotatable bonds is 5. The van der Waals surface area contributed by atoms with Crippen LogP contribution < -0.4 is 4.74 Å². The second kappa shape index (κ2) is 7.74. The second-order valence-electron chi connectivity index (χ2n) is 6.51. The van der Waals surface area contributed by atoms with E-state index in [2.05, 4.69) is 0 Å². The summed E-state index contributed by atoms with van der Waals surface area (Å²) < 4.78 is 5.12. The molecule has 3 rings (SSSR count). The Hall–Kier alpha value is -3.32. The largest absolute Gasteiger partial charge is 0.507 e. The minimum absolute atomic E-state index is 0.0740. The van der Waals surface area contributed by atoms with Gasteiger partial charge < -0.3 is 25.0 Å². The summed E-state index contributed by atoms with van der Waals surface area (Å²) >= 11 is 0. The summed E-state index contributed by atoms with van der Waals surface area (Å²) in [5, 5.41) is 30.1. The summed E-state index contributed by atoms with van der Waals surface area (Å²) in [5.41, 5.74) is 1.78. The zero-order valence-electron chi connectivity index (χ0n) is 15.5. The van der Waals surface area contributed by atoms with Gasteiger partial charge in [0.05, 0.1) is 25.3 Å². The van der Waals surface area contributed by atoms with E-state index in [0.717, 1.165) is 5.56 Å². The first-order valence-corrected chi connectivity index (χ1v) is 8.72. The highest BCUT2D eigenvalue weighted by molar-refractivity contribution is 6.46. The number of phenolic OH excluding ortho intramolecular Hbond substituents is 1. The van der Waals surface area contributed by atoms with Crippen molar-refractivity contribution in [2.75, 3.05) is 20.3 Å². The van der Waals surface area contributed by atoms with E-state index in [9.17, 15) is 24.9 Å². The Bertz CT molecular complexity index is 948. The number of aryl methyl sites for hydroxylation is 1. The van der Waals surface area contributed by atoms with Crippen LogP contribution in [0.5, 0.6) is 11.5 Å². The zero-order valence-corrected chi connectivity index (χ0v) is 15.5. The van der Waals surface area contributed by atoms with E-state index >= 15 is 0 Å². The first-order chi connectivity index (χ1) is 13.4. The molecule has 0 unspecified atom stereocenters. The number of aliphatic hydroxyl groups is 2. The Morgan fingerprint density at radius 2 is 1.82 bits per heavy atom. The van der Waals surface area contributed by atoms with Gasteiger partial charge in [-0.25, -0.2) is 0 Å². The van der Waals surface area contributed by atoms with Crippen LogP contribution in [0.1, 0.15) is 22.7 Å². The molecule has 1 heterocycles. The van der Waals surface area contributed by atoms with Crippen LogP contribution in [-0.2, 0) is 9.59 Å². The first kappa shape index (κ1) is 19.4. The summed E-state index contributed by atoms with van der Waals surface area (Å²) in [6, 6.07) is 10.4. The lowest BCUT2D eigenvalue weighted by atomic mass is 9.94. The van der Waals surface area contributed by atoms with Crippen molar-refractivity contribution in [3.63, 3.8) is 0 Å². The van der Waals surface area contributed by atoms with Gasteiger partial charge in [-0.2, -0.15) is 0 Å². The molecule has 1 atom stereocenters. The lowest BCUT2D eigenvalue weighted by molar-refractivity contribution is -0.140. The fourth-order valence-corrected chi connectivity index (χ4v) is 3.30. The van der Waals surface area contributed by atoms with Gasteiger partial charge in [0, 0.05) is 12.1 Å². The van der Waals surface area contributed by atoms with Crippen LogP contribution in [0.2, 0.25) is 0 Å². The number of aromatic hydroxyl groups is 1. The summed E-state index contributed by atoms with van der Waals surface area (Å²) in [4.78, 5) is 26.4. The number of ether oxygens (including phenoxy) is 1. The Morgan fingerprint density at radius 1 is 1.14 bits per heavy atom. The van der Waals surface area contributed by atoms with Crippen molar-refractivity contribution in [1.29, 1.82) is 0 Å². The molecular weight excluding hydrogens is 362 g/mol. The van der Waals surface area contributed by atoms with Gasteiger partial charge in [-0.05, 0) is 24.6 Å². The summed E-state index contributed by atoms with van der Waals surface area (Å²) in [6.45, 7) is 1.47. The average Bonchev–Trinajstić information content (AvgIpc) is 2.94. The summed E-state index contributed by atoms with van der Waals surface area (Å²) in [7, 11) is 1.38. The van der Waals surface area contributed by atoms with Gasteiger partial charge in [-0.1, -0.05) is 35.9 Å². The maximum atomic E-state index is 12.7. The van der Waals surface area contributed by atoms with Gasteiger partial charge in [-0.15, -0.1) is 0 Å². The van der Waals surface area contributed by atoms with Crippen molar-refractivity contribution in [2.24, 2.45) is 0 Å². The van der Waals surface area contributed by atoms with Crippen LogP contribution >= 0.6 is 0 Å². The van der Waals surface area contributed by atoms with Gasteiger partial charge in [0.1, 0.15) is 5.76 Å². The number of hydrogen-bond donors (Lipinski definition) is 3. The quantitative estimate of drug-likeness (QED) is 0.415. The molecular formula is C21H21NO6. The number of aliphatic hydroxyl groups excluding tert-OH is 2. The first-order valence-electron chi connectivity index (χ1n) is 8.72. The molecule has 2 aromatic carbocycles. The monoisotopic (exact) mass is 383 g/mol. The van der Waals surface area contributed by atoms with E-state index in [1.165, 1.54) is 24.1 Å². The SMILES string of the molecule is COc1cc([C@H]2C(=C(O)c3ccc(C)cc3)C(=O)C(=O)N2CCO)ccc1O. The molecule has 7 nitrogen and oxygen atoms in total.